The number of aryl methyl sites for hydroxylation is 1. The minimum absolute atomic E-state index is 0.0218. The van der Waals surface area contributed by atoms with Gasteiger partial charge in [0, 0.05) is 38.8 Å². The first kappa shape index (κ1) is 18.6. The summed E-state index contributed by atoms with van der Waals surface area (Å²) in [6, 6.07) is 12.4. The van der Waals surface area contributed by atoms with Gasteiger partial charge in [-0.05, 0) is 19.0 Å². The first-order chi connectivity index (χ1) is 12.7. The molecule has 1 aromatic carbocycles. The van der Waals surface area contributed by atoms with Gasteiger partial charge in [-0.25, -0.2) is 0 Å². The largest absolute Gasteiger partial charge is 0.361 e. The van der Waals surface area contributed by atoms with Gasteiger partial charge in [-0.1, -0.05) is 42.4 Å². The molecule has 3 rings (SSSR count). The van der Waals surface area contributed by atoms with Crippen molar-refractivity contribution >= 4 is 5.91 Å². The minimum atomic E-state index is -0.0218. The van der Waals surface area contributed by atoms with Crippen LogP contribution in [0.1, 0.15) is 30.0 Å². The van der Waals surface area contributed by atoms with Crippen molar-refractivity contribution in [3.8, 4) is 0 Å². The van der Waals surface area contributed by atoms with Crippen molar-refractivity contribution in [2.24, 2.45) is 0 Å². The maximum atomic E-state index is 12.3. The average Bonchev–Trinajstić information content (AvgIpc) is 3.08. The Balaban J connectivity index is 1.61. The van der Waals surface area contributed by atoms with E-state index in [4.69, 9.17) is 4.52 Å². The number of nitrogens with one attached hydrogen (secondary N) is 1. The van der Waals surface area contributed by atoms with Crippen molar-refractivity contribution in [1.82, 2.24) is 20.3 Å². The summed E-state index contributed by atoms with van der Waals surface area (Å²) in [5, 5.41) is 6.98. The topological polar surface area (TPSA) is 61.6 Å². The second kappa shape index (κ2) is 8.96. The van der Waals surface area contributed by atoms with Gasteiger partial charge >= 0.3 is 0 Å². The third kappa shape index (κ3) is 4.93. The molecule has 26 heavy (non-hydrogen) atoms. The van der Waals surface area contributed by atoms with Crippen molar-refractivity contribution in [3.05, 3.63) is 53.4 Å². The lowest BCUT2D eigenvalue weighted by atomic mass is 10.0. The monoisotopic (exact) mass is 356 g/mol. The molecule has 140 valence electrons. The molecule has 0 bridgehead atoms. The highest BCUT2D eigenvalue weighted by atomic mass is 16.5. The van der Waals surface area contributed by atoms with Crippen LogP contribution >= 0.6 is 0 Å². The number of carbonyl (C=O) groups is 1. The summed E-state index contributed by atoms with van der Waals surface area (Å²) in [4.78, 5) is 17.3. The molecule has 2 heterocycles. The normalized spacial score (nSPS) is 17.2. The van der Waals surface area contributed by atoms with Gasteiger partial charge in [-0.3, -0.25) is 9.69 Å². The number of likely N-dealkylation sites (N-methyl/N-ethyl adjacent to an activating group) is 1. The first-order valence-electron chi connectivity index (χ1n) is 9.36. The first-order valence-corrected chi connectivity index (χ1v) is 9.36. The minimum Gasteiger partial charge on any atom is -0.361 e. The summed E-state index contributed by atoms with van der Waals surface area (Å²) in [5.41, 5.74) is 1.92. The molecule has 6 heteroatoms. The zero-order valence-electron chi connectivity index (χ0n) is 15.6. The molecule has 1 N–H and O–H groups in total. The van der Waals surface area contributed by atoms with Crippen LogP contribution in [0.5, 0.6) is 0 Å². The molecule has 1 fully saturated rings. The highest BCUT2D eigenvalue weighted by Crippen LogP contribution is 2.21. The van der Waals surface area contributed by atoms with Crippen LogP contribution in [0.15, 0.2) is 40.9 Å². The smallest absolute Gasteiger partial charge is 0.226 e. The Morgan fingerprint density at radius 3 is 2.58 bits per heavy atom. The zero-order chi connectivity index (χ0) is 18.4. The van der Waals surface area contributed by atoms with E-state index in [1.54, 1.807) is 6.07 Å². The van der Waals surface area contributed by atoms with E-state index in [0.717, 1.165) is 38.5 Å². The van der Waals surface area contributed by atoms with Crippen molar-refractivity contribution in [1.29, 1.82) is 0 Å². The van der Waals surface area contributed by atoms with Crippen LogP contribution in [-0.4, -0.2) is 60.1 Å². The number of hydrogen-bond donors (Lipinski definition) is 1. The molecule has 0 spiro atoms. The van der Waals surface area contributed by atoms with Gasteiger partial charge in [0.25, 0.3) is 0 Å². The summed E-state index contributed by atoms with van der Waals surface area (Å²) < 4.78 is 5.03. The molecule has 1 amide bonds. The fourth-order valence-electron chi connectivity index (χ4n) is 3.46. The van der Waals surface area contributed by atoms with Crippen molar-refractivity contribution in [3.63, 3.8) is 0 Å². The van der Waals surface area contributed by atoms with Gasteiger partial charge in [0.2, 0.25) is 5.91 Å². The Hall–Kier alpha value is -2.18. The Morgan fingerprint density at radius 1 is 1.23 bits per heavy atom. The van der Waals surface area contributed by atoms with E-state index in [0.29, 0.717) is 12.2 Å². The number of aromatic nitrogens is 1. The lowest BCUT2D eigenvalue weighted by Gasteiger charge is -2.39. The standard InChI is InChI=1S/C20H28N4O2/c1-3-23-9-11-24(12-10-23)19(17-7-5-4-6-8-17)15-21-20(25)14-18-13-16(2)26-22-18/h4-8,13,19H,3,9-12,14-15H2,1-2H3,(H,21,25). The van der Waals surface area contributed by atoms with Gasteiger partial charge in [0.15, 0.2) is 0 Å². The van der Waals surface area contributed by atoms with Crippen LogP contribution in [0.3, 0.4) is 0 Å². The summed E-state index contributed by atoms with van der Waals surface area (Å²) in [6.07, 6.45) is 0.252. The molecule has 0 aliphatic carbocycles. The van der Waals surface area contributed by atoms with Gasteiger partial charge < -0.3 is 14.7 Å². The van der Waals surface area contributed by atoms with Crippen LogP contribution in [0.25, 0.3) is 0 Å². The van der Waals surface area contributed by atoms with Crippen LogP contribution in [0.2, 0.25) is 0 Å². The molecule has 1 aromatic heterocycles. The maximum absolute atomic E-state index is 12.3. The molecule has 1 unspecified atom stereocenters. The summed E-state index contributed by atoms with van der Waals surface area (Å²) in [6.45, 7) is 9.92. The quantitative estimate of drug-likeness (QED) is 0.822. The van der Waals surface area contributed by atoms with E-state index in [1.165, 1.54) is 5.56 Å². The Bertz CT molecular complexity index is 693. The van der Waals surface area contributed by atoms with E-state index in [1.807, 2.05) is 13.0 Å². The number of hydrogen-bond acceptors (Lipinski definition) is 5. The molecule has 6 nitrogen and oxygen atoms in total. The van der Waals surface area contributed by atoms with E-state index in [9.17, 15) is 4.79 Å². The van der Waals surface area contributed by atoms with Crippen molar-refractivity contribution < 1.29 is 9.32 Å². The summed E-state index contributed by atoms with van der Waals surface area (Å²) in [7, 11) is 0. The van der Waals surface area contributed by atoms with Gasteiger partial charge in [0.05, 0.1) is 18.2 Å². The predicted molar refractivity (Wildman–Crippen MR) is 101 cm³/mol. The van der Waals surface area contributed by atoms with Crippen LogP contribution in [0, 0.1) is 6.92 Å². The van der Waals surface area contributed by atoms with Crippen LogP contribution in [-0.2, 0) is 11.2 Å². The molecule has 1 atom stereocenters. The fraction of sp³-hybridized carbons (Fsp3) is 0.500. The number of carbonyl (C=O) groups excluding carboxylic acids is 1. The number of amides is 1. The molecule has 1 aliphatic heterocycles. The van der Waals surface area contributed by atoms with Gasteiger partial charge in [-0.2, -0.15) is 0 Å². The molecule has 1 aliphatic rings. The second-order valence-electron chi connectivity index (χ2n) is 6.81. The highest BCUT2D eigenvalue weighted by Gasteiger charge is 2.25. The number of piperazine rings is 1. The molecule has 2 aromatic rings. The van der Waals surface area contributed by atoms with Gasteiger partial charge in [-0.15, -0.1) is 0 Å². The molecular weight excluding hydrogens is 328 g/mol. The van der Waals surface area contributed by atoms with E-state index in [2.05, 4.69) is 51.5 Å². The number of nitrogens with zero attached hydrogens (tertiary/aromatic N) is 3. The van der Waals surface area contributed by atoms with Crippen LogP contribution < -0.4 is 5.32 Å². The lowest BCUT2D eigenvalue weighted by molar-refractivity contribution is -0.120. The average molecular weight is 356 g/mol. The molecule has 0 radical (unpaired) electrons. The maximum Gasteiger partial charge on any atom is 0.226 e. The van der Waals surface area contributed by atoms with Crippen molar-refractivity contribution in [2.45, 2.75) is 26.3 Å². The summed E-state index contributed by atoms with van der Waals surface area (Å²) >= 11 is 0. The SMILES string of the molecule is CCN1CCN(C(CNC(=O)Cc2cc(C)on2)c2ccccc2)CC1. The number of rotatable bonds is 7. The molecular formula is C20H28N4O2. The Labute approximate surface area is 155 Å². The number of benzene rings is 1. The molecule has 1 saturated heterocycles. The summed E-state index contributed by atoms with van der Waals surface area (Å²) in [5.74, 6) is 0.704. The Morgan fingerprint density at radius 2 is 1.96 bits per heavy atom. The zero-order valence-corrected chi connectivity index (χ0v) is 15.6. The third-order valence-electron chi connectivity index (χ3n) is 4.99. The van der Waals surface area contributed by atoms with Crippen molar-refractivity contribution in [2.75, 3.05) is 39.3 Å². The third-order valence-corrected chi connectivity index (χ3v) is 4.99. The second-order valence-corrected chi connectivity index (χ2v) is 6.81. The highest BCUT2D eigenvalue weighted by molar-refractivity contribution is 5.78. The van der Waals surface area contributed by atoms with E-state index >= 15 is 0 Å². The Kier molecular flexibility index (Phi) is 6.41. The van der Waals surface area contributed by atoms with E-state index < -0.39 is 0 Å². The fourth-order valence-corrected chi connectivity index (χ4v) is 3.46. The van der Waals surface area contributed by atoms with Crippen LogP contribution in [0.4, 0.5) is 0 Å². The van der Waals surface area contributed by atoms with Gasteiger partial charge in [0.1, 0.15) is 5.76 Å². The predicted octanol–water partition coefficient (Wildman–Crippen LogP) is 2.02. The molecule has 0 saturated carbocycles. The lowest BCUT2D eigenvalue weighted by Crippen LogP contribution is -2.49. The van der Waals surface area contributed by atoms with E-state index in [-0.39, 0.29) is 18.4 Å².